The van der Waals surface area contributed by atoms with Gasteiger partial charge in [-0.2, -0.15) is 11.4 Å². The number of alkyl carbamates (subject to hydrolysis) is 1. The van der Waals surface area contributed by atoms with Crippen LogP contribution in [0.2, 0.25) is 0 Å². The van der Waals surface area contributed by atoms with Gasteiger partial charge in [-0.1, -0.05) is 0 Å². The summed E-state index contributed by atoms with van der Waals surface area (Å²) in [4.78, 5) is 11.6. The molecule has 0 unspecified atom stereocenters. The standard InChI is InChI=1S/C13H25NO3S/c1-9(15)18-11-7-5-10(6-8-11)14-12(16)17-13(2,3)4/h10-11,15,18H,5-8H2,1-4H3,(H,14,16)/t10-,11+. The van der Waals surface area contributed by atoms with Crippen molar-refractivity contribution in [2.45, 2.75) is 70.3 Å². The molecule has 0 aromatic carbocycles. The normalized spacial score (nSPS) is 26.2. The monoisotopic (exact) mass is 275 g/mol. The molecule has 1 saturated carbocycles. The molecule has 18 heavy (non-hydrogen) atoms. The third kappa shape index (κ3) is 6.40. The van der Waals surface area contributed by atoms with Crippen LogP contribution in [0.5, 0.6) is 0 Å². The summed E-state index contributed by atoms with van der Waals surface area (Å²) >= 11 is 1.04. The Bertz CT molecular complexity index is 311. The Labute approximate surface area is 113 Å². The maximum absolute atomic E-state index is 11.6. The Morgan fingerprint density at radius 3 is 2.28 bits per heavy atom. The van der Waals surface area contributed by atoms with Crippen LogP contribution in [0.1, 0.15) is 53.4 Å². The summed E-state index contributed by atoms with van der Waals surface area (Å²) in [5.41, 5.74) is -0.442. The van der Waals surface area contributed by atoms with Gasteiger partial charge in [-0.05, 0) is 58.6 Å². The van der Waals surface area contributed by atoms with Crippen LogP contribution in [0.25, 0.3) is 0 Å². The highest BCUT2D eigenvalue weighted by molar-refractivity contribution is 7.98. The lowest BCUT2D eigenvalue weighted by Crippen LogP contribution is -2.41. The minimum atomic E-state index is -0.442. The second kappa shape index (κ2) is 6.57. The van der Waals surface area contributed by atoms with E-state index >= 15 is 0 Å². The second-order valence-corrected chi connectivity index (χ2v) is 7.46. The minimum absolute atomic E-state index is 0.213. The molecule has 1 aliphatic rings. The smallest absolute Gasteiger partial charge is 0.407 e. The van der Waals surface area contributed by atoms with Crippen molar-refractivity contribution >= 4 is 22.5 Å². The molecule has 2 N–H and O–H groups in total. The van der Waals surface area contributed by atoms with E-state index in [0.29, 0.717) is 10.3 Å². The van der Waals surface area contributed by atoms with Crippen molar-refractivity contribution in [1.29, 1.82) is 0 Å². The minimum Gasteiger partial charge on any atom is -0.444 e. The number of carbonyl (C=O) groups is 1. The molecule has 1 rings (SSSR count). The van der Waals surface area contributed by atoms with Gasteiger partial charge >= 0.3 is 6.09 Å². The van der Waals surface area contributed by atoms with Crippen molar-refractivity contribution in [2.24, 2.45) is 0 Å². The average Bonchev–Trinajstić information content (AvgIpc) is 2.17. The highest BCUT2D eigenvalue weighted by Gasteiger charge is 2.23. The van der Waals surface area contributed by atoms with E-state index in [9.17, 15) is 9.90 Å². The van der Waals surface area contributed by atoms with Gasteiger partial charge in [-0.3, -0.25) is 0 Å². The molecule has 5 heteroatoms. The van der Waals surface area contributed by atoms with Crippen molar-refractivity contribution in [2.75, 3.05) is 0 Å². The van der Waals surface area contributed by atoms with E-state index in [4.69, 9.17) is 4.74 Å². The molecule has 1 fully saturated rings. The predicted molar refractivity (Wildman–Crippen MR) is 77.7 cm³/mol. The number of aliphatic hydroxyl groups excluding tert-OH is 1. The topological polar surface area (TPSA) is 58.6 Å². The van der Waals surface area contributed by atoms with E-state index in [1.807, 2.05) is 20.8 Å². The Balaban J connectivity index is 2.31. The molecule has 0 saturated heterocycles. The summed E-state index contributed by atoms with van der Waals surface area (Å²) in [6.45, 7) is 7.33. The third-order valence-corrected chi connectivity index (χ3v) is 4.04. The molecule has 1 aliphatic carbocycles. The first-order chi connectivity index (χ1) is 8.26. The van der Waals surface area contributed by atoms with Crippen LogP contribution in [-0.4, -0.2) is 33.1 Å². The van der Waals surface area contributed by atoms with Gasteiger partial charge in [-0.25, -0.2) is 4.79 Å². The third-order valence-electron chi connectivity index (χ3n) is 2.79. The number of hydrogen-bond acceptors (Lipinski definition) is 2. The molecule has 0 heterocycles. The van der Waals surface area contributed by atoms with Crippen LogP contribution in [0.4, 0.5) is 4.79 Å². The fraction of sp³-hybridized carbons (Fsp3) is 0.846. The predicted octanol–water partition coefficient (Wildman–Crippen LogP) is 3.00. The zero-order chi connectivity index (χ0) is 13.8. The molecule has 0 aliphatic heterocycles. The Kier molecular flexibility index (Phi) is 5.66. The van der Waals surface area contributed by atoms with Crippen molar-refractivity contribution in [3.63, 3.8) is 0 Å². The number of nitrogens with one attached hydrogen (secondary N) is 1. The van der Waals surface area contributed by atoms with Crippen LogP contribution in [0, 0.1) is 0 Å². The summed E-state index contributed by atoms with van der Waals surface area (Å²) in [6.07, 6.45) is 3.68. The van der Waals surface area contributed by atoms with Gasteiger partial charge in [-0.15, -0.1) is 0 Å². The molecular formula is C13H25NO3S. The highest BCUT2D eigenvalue weighted by atomic mass is 32.1. The van der Waals surface area contributed by atoms with Gasteiger partial charge in [0.2, 0.25) is 0 Å². The van der Waals surface area contributed by atoms with E-state index in [2.05, 4.69) is 5.32 Å². The van der Waals surface area contributed by atoms with Crippen LogP contribution in [0.3, 0.4) is 0 Å². The molecule has 106 valence electrons. The first-order valence-corrected chi connectivity index (χ1v) is 7.45. The Morgan fingerprint density at radius 2 is 1.83 bits per heavy atom. The van der Waals surface area contributed by atoms with Crippen LogP contribution in [-0.2, 0) is 4.74 Å². The van der Waals surface area contributed by atoms with Gasteiger partial charge in [0.15, 0.2) is 0 Å². The van der Waals surface area contributed by atoms with Gasteiger partial charge in [0.1, 0.15) is 5.60 Å². The number of rotatable bonds is 2. The molecule has 0 radical (unpaired) electrons. The molecule has 0 aromatic rings. The van der Waals surface area contributed by atoms with E-state index in [0.717, 1.165) is 37.0 Å². The van der Waals surface area contributed by atoms with Gasteiger partial charge in [0, 0.05) is 6.04 Å². The van der Waals surface area contributed by atoms with Gasteiger partial charge < -0.3 is 15.2 Å². The molecule has 0 spiro atoms. The summed E-state index contributed by atoms with van der Waals surface area (Å²) in [5, 5.41) is 13.2. The fourth-order valence-corrected chi connectivity index (χ4v) is 3.17. The fourth-order valence-electron chi connectivity index (χ4n) is 2.09. The Morgan fingerprint density at radius 1 is 1.28 bits per heavy atom. The number of amides is 1. The molecule has 1 amide bonds. The van der Waals surface area contributed by atoms with Gasteiger partial charge in [0.05, 0.1) is 5.05 Å². The summed E-state index contributed by atoms with van der Waals surface area (Å²) in [7, 11) is 0. The number of hydrogen-bond donors (Lipinski definition) is 3. The lowest BCUT2D eigenvalue weighted by atomic mass is 9.95. The summed E-state index contributed by atoms with van der Waals surface area (Å²) in [5.74, 6) is 0. The quantitative estimate of drug-likeness (QED) is 0.536. The molecular weight excluding hydrogens is 250 g/mol. The zero-order valence-corrected chi connectivity index (χ0v) is 12.6. The largest absolute Gasteiger partial charge is 0.444 e. The first-order valence-electron chi connectivity index (χ1n) is 6.49. The highest BCUT2D eigenvalue weighted by Crippen LogP contribution is 2.25. The number of thiol groups is 1. The summed E-state index contributed by atoms with van der Waals surface area (Å²) < 4.78 is 5.24. The van der Waals surface area contributed by atoms with Crippen molar-refractivity contribution < 1.29 is 14.6 Å². The first kappa shape index (κ1) is 15.5. The maximum Gasteiger partial charge on any atom is 0.407 e. The van der Waals surface area contributed by atoms with E-state index in [1.54, 1.807) is 6.92 Å². The molecule has 4 nitrogen and oxygen atoms in total. The number of ether oxygens (including phenoxy) is 1. The van der Waals surface area contributed by atoms with E-state index < -0.39 is 5.60 Å². The summed E-state index contributed by atoms with van der Waals surface area (Å²) in [6, 6.07) is 0.213. The van der Waals surface area contributed by atoms with E-state index in [-0.39, 0.29) is 12.1 Å². The van der Waals surface area contributed by atoms with Crippen molar-refractivity contribution in [3.8, 4) is 0 Å². The van der Waals surface area contributed by atoms with E-state index in [1.165, 1.54) is 0 Å². The maximum atomic E-state index is 11.6. The number of aliphatic hydroxyl groups is 1. The molecule has 0 atom stereocenters. The Hall–Kier alpha value is -0.550. The van der Waals surface area contributed by atoms with Crippen LogP contribution < -0.4 is 5.32 Å². The molecule has 0 aromatic heterocycles. The van der Waals surface area contributed by atoms with Gasteiger partial charge in [0.25, 0.3) is 0 Å². The number of carbonyl (C=O) groups excluding carboxylic acids is 1. The zero-order valence-electron chi connectivity index (χ0n) is 11.7. The lowest BCUT2D eigenvalue weighted by molar-refractivity contribution is 0.0493. The molecule has 0 bridgehead atoms. The SMILES string of the molecule is CC(O)=[SH][C@H]1CC[C@@H](NC(=O)OC(C)(C)C)CC1. The van der Waals surface area contributed by atoms with Crippen LogP contribution >= 0.6 is 11.4 Å². The average molecular weight is 275 g/mol. The van der Waals surface area contributed by atoms with Crippen molar-refractivity contribution in [1.82, 2.24) is 5.32 Å². The van der Waals surface area contributed by atoms with Crippen molar-refractivity contribution in [3.05, 3.63) is 0 Å². The second-order valence-electron chi connectivity index (χ2n) is 5.83. The van der Waals surface area contributed by atoms with Crippen LogP contribution in [0.15, 0.2) is 0 Å². The lowest BCUT2D eigenvalue weighted by Gasteiger charge is -2.29.